The van der Waals surface area contributed by atoms with Gasteiger partial charge in [0.1, 0.15) is 6.61 Å². The number of hydrogen-bond acceptors (Lipinski definition) is 4. The van der Waals surface area contributed by atoms with Gasteiger partial charge in [0, 0.05) is 26.6 Å². The highest BCUT2D eigenvalue weighted by Crippen LogP contribution is 2.07. The second-order valence-electron chi connectivity index (χ2n) is 3.08. The number of aliphatic hydroxyl groups is 1. The minimum Gasteiger partial charge on any atom is -0.465 e. The monoisotopic (exact) mass is 173 g/mol. The third kappa shape index (κ3) is 3.19. The van der Waals surface area contributed by atoms with Crippen molar-refractivity contribution in [2.45, 2.75) is 19.4 Å². The van der Waals surface area contributed by atoms with E-state index in [-0.39, 0.29) is 12.1 Å². The molecule has 1 atom stereocenters. The lowest BCUT2D eigenvalue weighted by atomic mass is 10.3. The van der Waals surface area contributed by atoms with Crippen LogP contribution in [0.25, 0.3) is 0 Å². The van der Waals surface area contributed by atoms with Gasteiger partial charge in [0.25, 0.3) is 0 Å². The fourth-order valence-electron chi connectivity index (χ4n) is 1.33. The number of likely N-dealkylation sites (tertiary alicyclic amines) is 1. The summed E-state index contributed by atoms with van der Waals surface area (Å²) in [6.07, 6.45) is 0.641. The van der Waals surface area contributed by atoms with Crippen molar-refractivity contribution in [3.05, 3.63) is 0 Å². The topological polar surface area (TPSA) is 49.8 Å². The fourth-order valence-corrected chi connectivity index (χ4v) is 1.33. The Labute approximate surface area is 72.1 Å². The van der Waals surface area contributed by atoms with Crippen molar-refractivity contribution in [2.24, 2.45) is 0 Å². The maximum atomic E-state index is 10.4. The highest BCUT2D eigenvalue weighted by atomic mass is 16.5. The van der Waals surface area contributed by atoms with Gasteiger partial charge in [0.15, 0.2) is 0 Å². The molecule has 0 saturated carbocycles. The van der Waals surface area contributed by atoms with Crippen molar-refractivity contribution in [3.8, 4) is 0 Å². The van der Waals surface area contributed by atoms with Crippen molar-refractivity contribution >= 4 is 5.97 Å². The Balaban J connectivity index is 2.04. The lowest BCUT2D eigenvalue weighted by Gasteiger charge is -2.13. The predicted octanol–water partition coefficient (Wildman–Crippen LogP) is -0.384. The zero-order valence-electron chi connectivity index (χ0n) is 7.32. The van der Waals surface area contributed by atoms with E-state index in [2.05, 4.69) is 4.90 Å². The molecular weight excluding hydrogens is 158 g/mol. The van der Waals surface area contributed by atoms with E-state index < -0.39 is 0 Å². The zero-order valence-corrected chi connectivity index (χ0v) is 7.32. The van der Waals surface area contributed by atoms with Crippen LogP contribution in [0.3, 0.4) is 0 Å². The molecule has 1 N–H and O–H groups in total. The standard InChI is InChI=1S/C8H15NO3/c1-7(10)12-5-4-9-3-2-8(11)6-9/h8,11H,2-6H2,1H3/t8-/m1/s1. The number of nitrogens with zero attached hydrogens (tertiary/aromatic N) is 1. The Morgan fingerprint density at radius 3 is 3.00 bits per heavy atom. The molecule has 0 aliphatic carbocycles. The number of esters is 1. The van der Waals surface area contributed by atoms with Crippen molar-refractivity contribution in [1.82, 2.24) is 4.90 Å². The molecule has 0 amide bonds. The maximum Gasteiger partial charge on any atom is 0.302 e. The van der Waals surface area contributed by atoms with E-state index in [9.17, 15) is 4.79 Å². The first-order valence-corrected chi connectivity index (χ1v) is 4.22. The number of β-amino-alcohol motifs (C(OH)–C–C–N with tert-alkyl or cyclic N) is 1. The SMILES string of the molecule is CC(=O)OCCN1CC[C@@H](O)C1. The van der Waals surface area contributed by atoms with E-state index in [1.54, 1.807) is 0 Å². The molecular formula is C8H15NO3. The minimum absolute atomic E-state index is 0.192. The van der Waals surface area contributed by atoms with Crippen LogP contribution in [0.5, 0.6) is 0 Å². The summed E-state index contributed by atoms with van der Waals surface area (Å²) in [4.78, 5) is 12.5. The largest absolute Gasteiger partial charge is 0.465 e. The Kier molecular flexibility index (Phi) is 3.49. The Morgan fingerprint density at radius 1 is 1.75 bits per heavy atom. The second-order valence-corrected chi connectivity index (χ2v) is 3.08. The molecule has 1 saturated heterocycles. The minimum atomic E-state index is -0.241. The highest BCUT2D eigenvalue weighted by Gasteiger charge is 2.19. The lowest BCUT2D eigenvalue weighted by Crippen LogP contribution is -2.26. The van der Waals surface area contributed by atoms with Gasteiger partial charge in [0.2, 0.25) is 0 Å². The summed E-state index contributed by atoms with van der Waals surface area (Å²) in [5.74, 6) is -0.241. The molecule has 0 bridgehead atoms. The van der Waals surface area contributed by atoms with Gasteiger partial charge in [-0.1, -0.05) is 0 Å². The fraction of sp³-hybridized carbons (Fsp3) is 0.875. The molecule has 12 heavy (non-hydrogen) atoms. The van der Waals surface area contributed by atoms with Gasteiger partial charge < -0.3 is 9.84 Å². The average Bonchev–Trinajstić information content (AvgIpc) is 2.35. The molecule has 1 fully saturated rings. The summed E-state index contributed by atoms with van der Waals surface area (Å²) >= 11 is 0. The molecule has 1 rings (SSSR count). The Bertz CT molecular complexity index is 160. The van der Waals surface area contributed by atoms with Gasteiger partial charge in [-0.25, -0.2) is 0 Å². The van der Waals surface area contributed by atoms with Gasteiger partial charge in [-0.3, -0.25) is 9.69 Å². The molecule has 0 spiro atoms. The van der Waals surface area contributed by atoms with E-state index in [0.29, 0.717) is 13.2 Å². The first-order chi connectivity index (χ1) is 5.68. The molecule has 1 heterocycles. The molecule has 0 radical (unpaired) electrons. The summed E-state index contributed by atoms with van der Waals surface area (Å²) in [6, 6.07) is 0. The van der Waals surface area contributed by atoms with Crippen molar-refractivity contribution in [2.75, 3.05) is 26.2 Å². The average molecular weight is 173 g/mol. The van der Waals surface area contributed by atoms with Gasteiger partial charge in [-0.15, -0.1) is 0 Å². The molecule has 70 valence electrons. The van der Waals surface area contributed by atoms with Crippen LogP contribution in [-0.4, -0.2) is 48.3 Å². The summed E-state index contributed by atoms with van der Waals surface area (Å²) in [7, 11) is 0. The number of carbonyl (C=O) groups excluding carboxylic acids is 1. The number of hydrogen-bond donors (Lipinski definition) is 1. The molecule has 4 nitrogen and oxygen atoms in total. The second kappa shape index (κ2) is 4.42. The third-order valence-corrected chi connectivity index (χ3v) is 1.96. The van der Waals surface area contributed by atoms with Crippen molar-refractivity contribution in [1.29, 1.82) is 0 Å². The molecule has 4 heteroatoms. The predicted molar refractivity (Wildman–Crippen MR) is 43.7 cm³/mol. The van der Waals surface area contributed by atoms with Crippen LogP contribution in [-0.2, 0) is 9.53 Å². The summed E-state index contributed by atoms with van der Waals surface area (Å²) in [5.41, 5.74) is 0. The third-order valence-electron chi connectivity index (χ3n) is 1.96. The van der Waals surface area contributed by atoms with Crippen LogP contribution in [0.15, 0.2) is 0 Å². The quantitative estimate of drug-likeness (QED) is 0.591. The van der Waals surface area contributed by atoms with Crippen LogP contribution >= 0.6 is 0 Å². The first-order valence-electron chi connectivity index (χ1n) is 4.22. The van der Waals surface area contributed by atoms with Crippen LogP contribution in [0.1, 0.15) is 13.3 Å². The van der Waals surface area contributed by atoms with E-state index in [4.69, 9.17) is 9.84 Å². The molecule has 0 aromatic rings. The summed E-state index contributed by atoms with van der Waals surface area (Å²) in [5, 5.41) is 9.16. The summed E-state index contributed by atoms with van der Waals surface area (Å²) < 4.78 is 4.78. The van der Waals surface area contributed by atoms with Gasteiger partial charge >= 0.3 is 5.97 Å². The van der Waals surface area contributed by atoms with Crippen LogP contribution in [0.2, 0.25) is 0 Å². The smallest absolute Gasteiger partial charge is 0.302 e. The van der Waals surface area contributed by atoms with E-state index in [0.717, 1.165) is 19.5 Å². The van der Waals surface area contributed by atoms with Gasteiger partial charge in [-0.2, -0.15) is 0 Å². The molecule has 0 aromatic heterocycles. The highest BCUT2D eigenvalue weighted by molar-refractivity contribution is 5.65. The number of ether oxygens (including phenoxy) is 1. The summed E-state index contributed by atoms with van der Waals surface area (Å²) in [6.45, 7) is 4.18. The van der Waals surface area contributed by atoms with E-state index in [1.807, 2.05) is 0 Å². The zero-order chi connectivity index (χ0) is 8.97. The van der Waals surface area contributed by atoms with Gasteiger partial charge in [-0.05, 0) is 6.42 Å². The Hall–Kier alpha value is -0.610. The molecule has 0 unspecified atom stereocenters. The first kappa shape index (κ1) is 9.48. The van der Waals surface area contributed by atoms with Crippen LogP contribution < -0.4 is 0 Å². The van der Waals surface area contributed by atoms with Crippen LogP contribution in [0.4, 0.5) is 0 Å². The lowest BCUT2D eigenvalue weighted by molar-refractivity contribution is -0.141. The number of rotatable bonds is 3. The number of carbonyl (C=O) groups is 1. The maximum absolute atomic E-state index is 10.4. The molecule has 0 aromatic carbocycles. The Morgan fingerprint density at radius 2 is 2.50 bits per heavy atom. The van der Waals surface area contributed by atoms with E-state index in [1.165, 1.54) is 6.92 Å². The van der Waals surface area contributed by atoms with E-state index >= 15 is 0 Å². The van der Waals surface area contributed by atoms with Crippen molar-refractivity contribution in [3.63, 3.8) is 0 Å². The van der Waals surface area contributed by atoms with Crippen LogP contribution in [0, 0.1) is 0 Å². The van der Waals surface area contributed by atoms with Crippen molar-refractivity contribution < 1.29 is 14.6 Å². The molecule has 1 aliphatic heterocycles. The van der Waals surface area contributed by atoms with Gasteiger partial charge in [0.05, 0.1) is 6.10 Å². The molecule has 1 aliphatic rings. The number of aliphatic hydroxyl groups excluding tert-OH is 1. The normalized spacial score (nSPS) is 24.3.